The van der Waals surface area contributed by atoms with E-state index in [0.29, 0.717) is 12.7 Å². The fraction of sp³-hybridized carbons (Fsp3) is 0.562. The molecule has 0 radical (unpaired) electrons. The first-order valence-corrected chi connectivity index (χ1v) is 7.64. The van der Waals surface area contributed by atoms with Gasteiger partial charge < -0.3 is 23.7 Å². The van der Waals surface area contributed by atoms with Gasteiger partial charge in [0.25, 0.3) is 0 Å². The summed E-state index contributed by atoms with van der Waals surface area (Å²) in [5, 5.41) is 11.2. The van der Waals surface area contributed by atoms with Gasteiger partial charge in [-0.1, -0.05) is 0 Å². The summed E-state index contributed by atoms with van der Waals surface area (Å²) >= 11 is 0. The first kappa shape index (κ1) is 19.3. The van der Waals surface area contributed by atoms with Crippen LogP contribution in [0.5, 0.6) is 5.75 Å². The Morgan fingerprint density at radius 3 is 2.64 bits per heavy atom. The van der Waals surface area contributed by atoms with Gasteiger partial charge in [0, 0.05) is 39.4 Å². The van der Waals surface area contributed by atoms with Gasteiger partial charge in [-0.15, -0.1) is 0 Å². The maximum absolute atomic E-state index is 11.2. The lowest BCUT2D eigenvalue weighted by Crippen LogP contribution is -2.53. The molecule has 1 saturated heterocycles. The van der Waals surface area contributed by atoms with Crippen LogP contribution in [0.2, 0.25) is 0 Å². The Morgan fingerprint density at radius 1 is 1.32 bits per heavy atom. The second-order valence-electron chi connectivity index (χ2n) is 5.49. The summed E-state index contributed by atoms with van der Waals surface area (Å²) in [4.78, 5) is 21.4. The largest absolute Gasteiger partial charge is 0.458 e. The number of hydrogen-bond acceptors (Lipinski definition) is 8. The topological polar surface area (TPSA) is 106 Å². The molecule has 1 heterocycles. The van der Waals surface area contributed by atoms with Crippen molar-refractivity contribution in [3.05, 3.63) is 33.9 Å². The average molecular weight is 355 g/mol. The molecule has 0 aliphatic carbocycles. The number of carbonyl (C=O) groups is 1. The number of benzene rings is 1. The highest BCUT2D eigenvalue weighted by Gasteiger charge is 2.40. The van der Waals surface area contributed by atoms with Crippen molar-refractivity contribution in [2.75, 3.05) is 27.9 Å². The molecule has 0 amide bonds. The van der Waals surface area contributed by atoms with Crippen molar-refractivity contribution in [3.8, 4) is 5.75 Å². The van der Waals surface area contributed by atoms with E-state index in [1.54, 1.807) is 14.2 Å². The van der Waals surface area contributed by atoms with E-state index in [4.69, 9.17) is 23.7 Å². The summed E-state index contributed by atoms with van der Waals surface area (Å²) in [5.41, 5.74) is -0.116. The summed E-state index contributed by atoms with van der Waals surface area (Å²) in [6.07, 6.45) is -1.05. The Balaban J connectivity index is 2.21. The minimum absolute atomic E-state index is 0.0162. The molecule has 1 aromatic rings. The first-order chi connectivity index (χ1) is 12.0. The molecule has 0 N–H and O–H groups in total. The van der Waals surface area contributed by atoms with Crippen LogP contribution in [0, 0.1) is 10.1 Å². The summed E-state index contributed by atoms with van der Waals surface area (Å²) in [5.74, 6) is 0.0162. The zero-order chi connectivity index (χ0) is 18.4. The fourth-order valence-corrected chi connectivity index (χ4v) is 2.79. The normalized spacial score (nSPS) is 26.2. The van der Waals surface area contributed by atoms with E-state index in [1.165, 1.54) is 19.2 Å². The van der Waals surface area contributed by atoms with Gasteiger partial charge in [-0.2, -0.15) is 0 Å². The van der Waals surface area contributed by atoms with Crippen molar-refractivity contribution in [1.82, 2.24) is 0 Å². The molecule has 1 aromatic carbocycles. The Bertz CT molecular complexity index is 608. The molecule has 0 aromatic heterocycles. The maximum atomic E-state index is 11.2. The number of ether oxygens (including phenoxy) is 5. The predicted molar refractivity (Wildman–Crippen MR) is 85.9 cm³/mol. The summed E-state index contributed by atoms with van der Waals surface area (Å²) in [7, 11) is 4.63. The van der Waals surface area contributed by atoms with Gasteiger partial charge >= 0.3 is 5.69 Å². The third-order valence-corrected chi connectivity index (χ3v) is 3.96. The van der Waals surface area contributed by atoms with Gasteiger partial charge in [0.15, 0.2) is 5.75 Å². The summed E-state index contributed by atoms with van der Waals surface area (Å²) in [6, 6.07) is 3.97. The number of nitrogens with zero attached hydrogens (tertiary/aromatic N) is 1. The van der Waals surface area contributed by atoms with Crippen molar-refractivity contribution < 1.29 is 33.4 Å². The molecule has 2 rings (SSSR count). The maximum Gasteiger partial charge on any atom is 0.311 e. The van der Waals surface area contributed by atoms with E-state index in [2.05, 4.69) is 0 Å². The monoisotopic (exact) mass is 355 g/mol. The zero-order valence-corrected chi connectivity index (χ0v) is 14.2. The highest BCUT2D eigenvalue weighted by atomic mass is 16.7. The SMILES string of the molecule is COCC1OC(Oc2ccc(C=O)cc2[N+](=O)[O-])CC(OC)C1OC. The summed E-state index contributed by atoms with van der Waals surface area (Å²) < 4.78 is 27.5. The first-order valence-electron chi connectivity index (χ1n) is 7.64. The third kappa shape index (κ3) is 4.51. The molecular weight excluding hydrogens is 334 g/mol. The number of carbonyl (C=O) groups excluding carboxylic acids is 1. The molecule has 0 spiro atoms. The number of methoxy groups -OCH3 is 3. The van der Waals surface area contributed by atoms with Crippen LogP contribution in [0.1, 0.15) is 16.8 Å². The number of rotatable bonds is 8. The molecule has 1 aliphatic rings. The second-order valence-corrected chi connectivity index (χ2v) is 5.49. The van der Waals surface area contributed by atoms with Crippen molar-refractivity contribution in [1.29, 1.82) is 0 Å². The molecule has 9 heteroatoms. The molecule has 0 saturated carbocycles. The van der Waals surface area contributed by atoms with Crippen molar-refractivity contribution in [2.24, 2.45) is 0 Å². The van der Waals surface area contributed by atoms with Gasteiger partial charge in [0.1, 0.15) is 18.5 Å². The highest BCUT2D eigenvalue weighted by Crippen LogP contribution is 2.32. The second kappa shape index (κ2) is 8.86. The van der Waals surface area contributed by atoms with E-state index in [1.807, 2.05) is 0 Å². The minimum atomic E-state index is -0.780. The average Bonchev–Trinajstić information content (AvgIpc) is 2.61. The van der Waals surface area contributed by atoms with Crippen LogP contribution in [-0.2, 0) is 18.9 Å². The van der Waals surface area contributed by atoms with Gasteiger partial charge in [-0.05, 0) is 12.1 Å². The number of hydrogen-bond donors (Lipinski definition) is 0. The number of nitro benzene ring substituents is 1. The molecule has 9 nitrogen and oxygen atoms in total. The molecule has 25 heavy (non-hydrogen) atoms. The van der Waals surface area contributed by atoms with E-state index in [0.717, 1.165) is 6.07 Å². The van der Waals surface area contributed by atoms with Crippen molar-refractivity contribution in [3.63, 3.8) is 0 Å². The number of aldehydes is 1. The van der Waals surface area contributed by atoms with Gasteiger partial charge in [-0.25, -0.2) is 0 Å². The van der Waals surface area contributed by atoms with Crippen LogP contribution < -0.4 is 4.74 Å². The molecule has 1 fully saturated rings. The lowest BCUT2D eigenvalue weighted by atomic mass is 10.0. The molecule has 0 bridgehead atoms. The Hall–Kier alpha value is -2.07. The lowest BCUT2D eigenvalue weighted by Gasteiger charge is -2.39. The standard InChI is InChI=1S/C16H21NO8/c1-21-9-14-16(23-3)13(22-2)7-15(25-14)24-12-5-4-10(8-18)6-11(12)17(19)20/h4-6,8,13-16H,7,9H2,1-3H3. The van der Waals surface area contributed by atoms with E-state index in [9.17, 15) is 14.9 Å². The number of nitro groups is 1. The quantitative estimate of drug-likeness (QED) is 0.393. The summed E-state index contributed by atoms with van der Waals surface area (Å²) in [6.45, 7) is 0.254. The molecule has 138 valence electrons. The zero-order valence-electron chi connectivity index (χ0n) is 14.2. The third-order valence-electron chi connectivity index (χ3n) is 3.96. The van der Waals surface area contributed by atoms with Crippen molar-refractivity contribution >= 4 is 12.0 Å². The van der Waals surface area contributed by atoms with Crippen LogP contribution in [0.25, 0.3) is 0 Å². The Morgan fingerprint density at radius 2 is 2.08 bits per heavy atom. The fourth-order valence-electron chi connectivity index (χ4n) is 2.79. The minimum Gasteiger partial charge on any atom is -0.458 e. The molecule has 4 atom stereocenters. The van der Waals surface area contributed by atoms with Crippen LogP contribution in [0.4, 0.5) is 5.69 Å². The van der Waals surface area contributed by atoms with E-state index < -0.39 is 17.3 Å². The van der Waals surface area contributed by atoms with Crippen LogP contribution in [0.15, 0.2) is 18.2 Å². The van der Waals surface area contributed by atoms with Crippen LogP contribution in [0.3, 0.4) is 0 Å². The van der Waals surface area contributed by atoms with Crippen LogP contribution >= 0.6 is 0 Å². The van der Waals surface area contributed by atoms with Gasteiger partial charge in [0.2, 0.25) is 6.29 Å². The van der Waals surface area contributed by atoms with E-state index in [-0.39, 0.29) is 35.8 Å². The van der Waals surface area contributed by atoms with Gasteiger partial charge in [-0.3, -0.25) is 14.9 Å². The lowest BCUT2D eigenvalue weighted by molar-refractivity contribution is -0.386. The highest BCUT2D eigenvalue weighted by molar-refractivity contribution is 5.77. The Kier molecular flexibility index (Phi) is 6.82. The smallest absolute Gasteiger partial charge is 0.311 e. The van der Waals surface area contributed by atoms with Crippen LogP contribution in [-0.4, -0.2) is 63.7 Å². The molecule has 1 aliphatic heterocycles. The predicted octanol–water partition coefficient (Wildman–Crippen LogP) is 1.58. The van der Waals surface area contributed by atoms with E-state index >= 15 is 0 Å². The Labute approximate surface area is 144 Å². The van der Waals surface area contributed by atoms with Gasteiger partial charge in [0.05, 0.1) is 17.6 Å². The molecular formula is C16H21NO8. The molecule has 4 unspecified atom stereocenters. The van der Waals surface area contributed by atoms with Crippen molar-refractivity contribution in [2.45, 2.75) is 31.0 Å².